The van der Waals surface area contributed by atoms with Gasteiger partial charge >= 0.3 is 92.4 Å². The average molecular weight is 1450 g/mol. The number of amides is 3. The molecule has 0 radical (unpaired) electrons. The number of esters is 4. The molecule has 0 aromatic rings. The van der Waals surface area contributed by atoms with Gasteiger partial charge in [-0.1, -0.05) is 87.5 Å². The van der Waals surface area contributed by atoms with Gasteiger partial charge in [-0.25, -0.2) is 14.4 Å². The van der Waals surface area contributed by atoms with Gasteiger partial charge in [-0.3, -0.25) is 24.0 Å². The molecule has 0 saturated carbocycles. The first-order chi connectivity index (χ1) is 46.2. The molecule has 0 bridgehead atoms. The van der Waals surface area contributed by atoms with Gasteiger partial charge in [0.1, 0.15) is 24.1 Å². The van der Waals surface area contributed by atoms with E-state index in [1.165, 1.54) is 27.6 Å². The van der Waals surface area contributed by atoms with Crippen molar-refractivity contribution in [1.29, 1.82) is 0 Å². The zero-order valence-electron chi connectivity index (χ0n) is 64.4. The largest absolute Gasteiger partial charge is 1.00 e. The minimum Gasteiger partial charge on any atom is -0.870 e. The van der Waals surface area contributed by atoms with Gasteiger partial charge in [-0.2, -0.15) is 0 Å². The van der Waals surface area contributed by atoms with Crippen LogP contribution in [0, 0.1) is 0 Å². The number of carbonyl (C=O) groups is 9. The zero-order valence-corrected chi connectivity index (χ0v) is 66.4. The summed E-state index contributed by atoms with van der Waals surface area (Å²) in [4.78, 5) is 98.3. The predicted octanol–water partition coefficient (Wildman–Crippen LogP) is 3.89. The molecule has 0 aromatic heterocycles. The molecule has 13 N–H and O–H groups in total. The number of carboxylic acid groups (broad SMARTS) is 1. The fourth-order valence-corrected chi connectivity index (χ4v) is 7.72. The molecular formula is C71H135B2LiN5NaO21. The average Bonchev–Trinajstić information content (AvgIpc) is 1.01. The molecule has 30 heteroatoms. The minimum absolute atomic E-state index is 0. The molecule has 578 valence electrons. The van der Waals surface area contributed by atoms with Crippen molar-refractivity contribution in [1.82, 2.24) is 26.4 Å². The van der Waals surface area contributed by atoms with Crippen LogP contribution < -0.4 is 74.8 Å². The molecule has 0 rings (SSSR count). The van der Waals surface area contributed by atoms with Gasteiger partial charge in [0.25, 0.3) is 0 Å². The maximum atomic E-state index is 11.6. The predicted molar refractivity (Wildman–Crippen MR) is 395 cm³/mol. The molecule has 0 saturated heterocycles. The Bertz CT molecular complexity index is 2040. The van der Waals surface area contributed by atoms with Crippen LogP contribution in [0.5, 0.6) is 0 Å². The van der Waals surface area contributed by atoms with Crippen molar-refractivity contribution in [2.24, 2.45) is 0 Å². The van der Waals surface area contributed by atoms with Gasteiger partial charge in [0.15, 0.2) is 0 Å². The summed E-state index contributed by atoms with van der Waals surface area (Å²) in [6.07, 6.45) is 38.5. The Labute approximate surface area is 642 Å². The summed E-state index contributed by atoms with van der Waals surface area (Å²) >= 11 is 0. The van der Waals surface area contributed by atoms with Crippen molar-refractivity contribution in [2.75, 3.05) is 40.1 Å². The van der Waals surface area contributed by atoms with E-state index in [4.69, 9.17) is 39.7 Å². The summed E-state index contributed by atoms with van der Waals surface area (Å²) in [5.74, 6) is -3.10. The van der Waals surface area contributed by atoms with Crippen LogP contribution in [0.1, 0.15) is 229 Å². The molecule has 101 heavy (non-hydrogen) atoms. The number of ether oxygens (including phenoxy) is 4. The first-order valence-electron chi connectivity index (χ1n) is 34.3. The Hall–Kier alpha value is -5.02. The van der Waals surface area contributed by atoms with Crippen LogP contribution in [0.3, 0.4) is 0 Å². The number of aldehydes is 1. The Morgan fingerprint density at radius 1 is 0.465 bits per heavy atom. The zero-order chi connectivity index (χ0) is 75.9. The number of aliphatic carboxylic acids is 1. The Balaban J connectivity index is -0.0000000916. The number of nitrogens with one attached hydrogen (secondary N) is 5. The van der Waals surface area contributed by atoms with Gasteiger partial charge in [0.05, 0.1) is 51.2 Å². The fraction of sp³-hybridized carbons (Fsp3) is 0.676. The maximum Gasteiger partial charge on any atom is 1.00 e. The van der Waals surface area contributed by atoms with Gasteiger partial charge < -0.3 is 91.6 Å². The van der Waals surface area contributed by atoms with E-state index in [2.05, 4.69) is 70.6 Å². The smallest absolute Gasteiger partial charge is 0.870 e. The second-order valence-electron chi connectivity index (χ2n) is 21.6. The molecule has 0 spiro atoms. The first kappa shape index (κ1) is 123. The van der Waals surface area contributed by atoms with E-state index in [1.807, 2.05) is 36.5 Å². The maximum absolute atomic E-state index is 11.6. The van der Waals surface area contributed by atoms with Gasteiger partial charge in [0, 0.05) is 34.3 Å². The van der Waals surface area contributed by atoms with Crippen LogP contribution in [-0.2, 0) is 62.1 Å². The summed E-state index contributed by atoms with van der Waals surface area (Å²) < 4.78 is 19.4. The fourth-order valence-electron chi connectivity index (χ4n) is 7.72. The molecule has 5 atom stereocenters. The Kier molecular flexibility index (Phi) is 121. The van der Waals surface area contributed by atoms with Crippen LogP contribution in [0.25, 0.3) is 0 Å². The monoisotopic (exact) mass is 1450 g/mol. The molecule has 0 heterocycles. The van der Waals surface area contributed by atoms with E-state index in [1.54, 1.807) is 47.5 Å². The normalized spacial score (nSPS) is 10.9. The van der Waals surface area contributed by atoms with E-state index < -0.39 is 62.3 Å². The molecule has 0 aliphatic heterocycles. The third-order valence-electron chi connectivity index (χ3n) is 12.4. The molecule has 0 fully saturated rings. The van der Waals surface area contributed by atoms with Gasteiger partial charge in [-0.15, -0.1) is 39.5 Å². The topological polar surface area (TPSA) is 432 Å². The van der Waals surface area contributed by atoms with Crippen LogP contribution in [0.15, 0.2) is 87.7 Å². The van der Waals surface area contributed by atoms with Crippen LogP contribution >= 0.6 is 0 Å². The summed E-state index contributed by atoms with van der Waals surface area (Å²) in [6, 6.07) is -2.10. The van der Waals surface area contributed by atoms with Crippen LogP contribution in [-0.4, -0.2) is 180 Å². The van der Waals surface area contributed by atoms with Gasteiger partial charge in [-0.05, 0) is 170 Å². The number of allylic oxidation sites excluding steroid dienone is 7. The van der Waals surface area contributed by atoms with Crippen molar-refractivity contribution in [3.63, 3.8) is 0 Å². The number of aliphatic hydroxyl groups is 3. The summed E-state index contributed by atoms with van der Waals surface area (Å²) in [7, 11) is -0.475. The summed E-state index contributed by atoms with van der Waals surface area (Å²) in [5, 5.41) is 64.4. The summed E-state index contributed by atoms with van der Waals surface area (Å²) in [6.45, 7) is 38.8. The van der Waals surface area contributed by atoms with Gasteiger partial charge in [0.2, 0.25) is 17.7 Å². The second-order valence-corrected chi connectivity index (χ2v) is 21.6. The minimum atomic E-state index is -0.903. The second kappa shape index (κ2) is 99.2. The quantitative estimate of drug-likeness (QED) is 0.00782. The first-order valence-corrected chi connectivity index (χ1v) is 34.3. The Morgan fingerprint density at radius 2 is 0.782 bits per heavy atom. The van der Waals surface area contributed by atoms with E-state index in [9.17, 15) is 48.2 Å². The number of hydrogen-bond acceptors (Lipinski definition) is 22. The number of carbonyl (C=O) groups excluding carboxylic acids is 8. The molecule has 2 unspecified atom stereocenters. The number of unbranched alkanes of at least 4 members (excludes halogenated alkanes) is 17. The number of hydrogen-bond donors (Lipinski definition) is 11. The SMILES string of the molecule is C=CCCCC/C=C(\NC(C)=O)C(=O)OCC.C=CCCCCC(O)CO.C=CCCCCC=O.C=CCCCCC[C@H](NB(C)O)C(=O)O.C=CCCCCC[C@H](NB(C)O)C(=O)OCC.C=CCCCCC[C@H](NC(C)=O)C(=O)OCC.CCOC(=O)C(C)NC(C)=O.CO.[Li+].[Na+].[OH-].[OH-]. The van der Waals surface area contributed by atoms with Crippen LogP contribution in [0.4, 0.5) is 0 Å². The van der Waals surface area contributed by atoms with Crippen molar-refractivity contribution < 1.29 is 152 Å². The van der Waals surface area contributed by atoms with E-state index in [-0.39, 0.29) is 101 Å². The molecule has 3 amide bonds. The van der Waals surface area contributed by atoms with E-state index >= 15 is 0 Å². The Morgan fingerprint density at radius 3 is 1.12 bits per heavy atom. The molecular weight excluding hydrogens is 1310 g/mol. The van der Waals surface area contributed by atoms with Crippen LogP contribution in [0.2, 0.25) is 13.6 Å². The number of aliphatic hydroxyl groups excluding tert-OH is 3. The molecule has 0 aromatic carbocycles. The standard InChI is InChI=1S/C13H23NO3.C13H21NO3.C12H24BNO3.C10H20BNO3.C8H16O2.C7H13NO3.C7H12O.CH4O.Li.Na.2H2O/c2*1-4-6-7-8-9-10-12(14-11(3)15)13(16)17-5-2;1-4-6-7-8-9-10-11(14-13(3)16)12(15)17-5-2;1-3-4-5-6-7-8-9(10(13)14)12-11(2)15;1-2-3-4-5-6-8(10)7-9;1-4-11-7(10)5(2)8-6(3)9;1-2-3-4-5-6-7-8;1-2;;;;/h4,12H,1,5-10H2,2-3H3,(H,14,15);4,10H,1,5-9H2,2-3H3,(H,14,15);4,11,14,16H,1,5-10H2,2-3H3;3,9,12,15H,1,4-8H2,2H3,(H,13,14);2,8-10H,1,3-7H2;5H,4H2,1-3H3,(H,8,9);2,7H,1,3-6H2;2H,1H3;;;2*1H2/q;;;;;;;;2*+1;;/p-2/b;12-10-;;;;;;;;;;/t12-;;11-;9-;;;;;;;;/m0.00......../s1. The van der Waals surface area contributed by atoms with Crippen molar-refractivity contribution in [3.8, 4) is 0 Å². The molecule has 0 aliphatic rings. The third-order valence-corrected chi connectivity index (χ3v) is 12.4. The molecule has 0 aliphatic carbocycles. The van der Waals surface area contributed by atoms with E-state index in [0.29, 0.717) is 58.5 Å². The van der Waals surface area contributed by atoms with Crippen molar-refractivity contribution in [2.45, 2.75) is 273 Å². The number of carboxylic acids is 1. The van der Waals surface area contributed by atoms with Crippen molar-refractivity contribution >= 4 is 68.0 Å². The van der Waals surface area contributed by atoms with Crippen molar-refractivity contribution in [3.05, 3.63) is 87.7 Å². The van der Waals surface area contributed by atoms with E-state index in [0.717, 1.165) is 155 Å². The summed E-state index contributed by atoms with van der Waals surface area (Å²) in [5.41, 5.74) is 0.234. The third kappa shape index (κ3) is 106. The number of rotatable bonds is 50. The molecule has 26 nitrogen and oxygen atoms in total.